The van der Waals surface area contributed by atoms with Crippen LogP contribution in [0.2, 0.25) is 0 Å². The molecule has 0 atom stereocenters. The fourth-order valence-corrected chi connectivity index (χ4v) is 4.39. The largest absolute Gasteiger partial charge is 0.448 e. The molecule has 0 unspecified atom stereocenters. The molecule has 9 heteroatoms. The van der Waals surface area contributed by atoms with Gasteiger partial charge >= 0.3 is 0 Å². The van der Waals surface area contributed by atoms with Gasteiger partial charge in [0.2, 0.25) is 0 Å². The van der Waals surface area contributed by atoms with E-state index < -0.39 is 11.6 Å². The van der Waals surface area contributed by atoms with Gasteiger partial charge in [-0.3, -0.25) is 4.79 Å². The molecule has 4 aromatic rings. The second-order valence-electron chi connectivity index (χ2n) is 6.45. The molecule has 2 aromatic carbocycles. The van der Waals surface area contributed by atoms with Crippen molar-refractivity contribution in [2.75, 3.05) is 11.9 Å². The third-order valence-corrected chi connectivity index (χ3v) is 5.95. The van der Waals surface area contributed by atoms with E-state index in [0.717, 1.165) is 11.3 Å². The molecule has 0 fully saturated rings. The summed E-state index contributed by atoms with van der Waals surface area (Å²) in [6, 6.07) is 10.7. The van der Waals surface area contributed by atoms with Crippen molar-refractivity contribution in [3.63, 3.8) is 0 Å². The van der Waals surface area contributed by atoms with Crippen LogP contribution in [0.25, 0.3) is 22.2 Å². The SMILES string of the molecule is CC(=O)c1oc2c(F)cc(Br)cc2c1N(C)c1nc(-c2ccc(F)cc2)c(C#N)s1. The molecule has 5 nitrogen and oxygen atoms in total. The molecule has 4 rings (SSSR count). The van der Waals surface area contributed by atoms with Crippen molar-refractivity contribution in [1.29, 1.82) is 5.26 Å². The van der Waals surface area contributed by atoms with Crippen LogP contribution in [-0.2, 0) is 0 Å². The Morgan fingerprint density at radius 1 is 1.27 bits per heavy atom. The smallest absolute Gasteiger partial charge is 0.197 e. The summed E-state index contributed by atoms with van der Waals surface area (Å²) in [5.41, 5.74) is 1.29. The van der Waals surface area contributed by atoms with Crippen LogP contribution in [0.15, 0.2) is 45.3 Å². The summed E-state index contributed by atoms with van der Waals surface area (Å²) in [4.78, 5) is 18.6. The van der Waals surface area contributed by atoms with Crippen molar-refractivity contribution < 1.29 is 18.0 Å². The Bertz CT molecular complexity index is 1340. The van der Waals surface area contributed by atoms with Gasteiger partial charge < -0.3 is 9.32 Å². The predicted octanol–water partition coefficient (Wildman–Crippen LogP) is 6.44. The molecule has 2 aromatic heterocycles. The maximum absolute atomic E-state index is 14.4. The second-order valence-corrected chi connectivity index (χ2v) is 8.35. The van der Waals surface area contributed by atoms with Crippen molar-refractivity contribution in [3.05, 3.63) is 63.1 Å². The molecule has 150 valence electrons. The first kappa shape index (κ1) is 20.2. The average molecular weight is 488 g/mol. The van der Waals surface area contributed by atoms with Crippen molar-refractivity contribution in [1.82, 2.24) is 4.98 Å². The van der Waals surface area contributed by atoms with E-state index in [1.54, 1.807) is 18.0 Å². The highest BCUT2D eigenvalue weighted by atomic mass is 79.9. The number of rotatable bonds is 4. The number of carbonyl (C=O) groups excluding carboxylic acids is 1. The van der Waals surface area contributed by atoms with Gasteiger partial charge in [0.25, 0.3) is 0 Å². The average Bonchev–Trinajstić information content (AvgIpc) is 3.30. The fourth-order valence-electron chi connectivity index (χ4n) is 3.11. The maximum Gasteiger partial charge on any atom is 0.197 e. The number of nitrogens with zero attached hydrogens (tertiary/aromatic N) is 3. The van der Waals surface area contributed by atoms with Crippen LogP contribution < -0.4 is 4.90 Å². The highest BCUT2D eigenvalue weighted by Gasteiger charge is 2.26. The first-order valence-electron chi connectivity index (χ1n) is 8.63. The van der Waals surface area contributed by atoms with Crippen molar-refractivity contribution in [2.45, 2.75) is 6.92 Å². The van der Waals surface area contributed by atoms with Crippen LogP contribution in [0.4, 0.5) is 19.6 Å². The van der Waals surface area contributed by atoms with Gasteiger partial charge in [-0.05, 0) is 36.4 Å². The van der Waals surface area contributed by atoms with Crippen LogP contribution in [0.3, 0.4) is 0 Å². The molecule has 0 aliphatic carbocycles. The Labute approximate surface area is 182 Å². The van der Waals surface area contributed by atoms with Crippen LogP contribution in [-0.4, -0.2) is 17.8 Å². The first-order chi connectivity index (χ1) is 14.3. The molecule has 0 N–H and O–H groups in total. The Kier molecular flexibility index (Phi) is 5.13. The summed E-state index contributed by atoms with van der Waals surface area (Å²) in [5.74, 6) is -1.39. The van der Waals surface area contributed by atoms with Crippen LogP contribution >= 0.6 is 27.3 Å². The zero-order chi connectivity index (χ0) is 21.6. The van der Waals surface area contributed by atoms with E-state index in [1.807, 2.05) is 0 Å². The lowest BCUT2D eigenvalue weighted by Gasteiger charge is -2.15. The number of aromatic nitrogens is 1. The molecular formula is C21H12BrF2N3O2S. The Hall–Kier alpha value is -3.09. The number of benzene rings is 2. The maximum atomic E-state index is 14.4. The molecule has 30 heavy (non-hydrogen) atoms. The van der Waals surface area contributed by atoms with Crippen molar-refractivity contribution in [2.24, 2.45) is 0 Å². The summed E-state index contributed by atoms with van der Waals surface area (Å²) >= 11 is 4.36. The third kappa shape index (κ3) is 3.38. The number of halogens is 3. The van der Waals surface area contributed by atoms with Gasteiger partial charge in [-0.25, -0.2) is 13.8 Å². The van der Waals surface area contributed by atoms with Gasteiger partial charge in [0.1, 0.15) is 28.1 Å². The molecule has 0 saturated carbocycles. The Balaban J connectivity index is 1.90. The standard InChI is InChI=1S/C21H12BrF2N3O2S/c1-10(28)19-18(14-7-12(22)8-15(24)20(14)29-19)27(2)21-26-17(16(9-25)30-21)11-3-5-13(23)6-4-11/h3-8H,1-2H3. The van der Waals surface area contributed by atoms with Crippen LogP contribution in [0.5, 0.6) is 0 Å². The number of hydrogen-bond donors (Lipinski definition) is 0. The van der Waals surface area contributed by atoms with Crippen molar-refractivity contribution >= 4 is 54.8 Å². The lowest BCUT2D eigenvalue weighted by Crippen LogP contribution is -2.11. The van der Waals surface area contributed by atoms with Gasteiger partial charge in [0, 0.05) is 29.4 Å². The minimum atomic E-state index is -0.606. The van der Waals surface area contributed by atoms with Crippen molar-refractivity contribution in [3.8, 4) is 17.3 Å². The molecule has 0 aliphatic heterocycles. The summed E-state index contributed by atoms with van der Waals surface area (Å²) in [5, 5.41) is 10.3. The number of furan rings is 1. The molecule has 0 radical (unpaired) electrons. The quantitative estimate of drug-likeness (QED) is 0.309. The van der Waals surface area contributed by atoms with E-state index in [0.29, 0.717) is 36.8 Å². The minimum absolute atomic E-state index is 0.0125. The highest BCUT2D eigenvalue weighted by Crippen LogP contribution is 2.42. The Morgan fingerprint density at radius 3 is 2.60 bits per heavy atom. The number of carbonyl (C=O) groups is 1. The number of nitriles is 1. The highest BCUT2D eigenvalue weighted by molar-refractivity contribution is 9.10. The number of hydrogen-bond acceptors (Lipinski definition) is 6. The summed E-state index contributed by atoms with van der Waals surface area (Å²) in [7, 11) is 1.66. The monoisotopic (exact) mass is 487 g/mol. The molecule has 0 saturated heterocycles. The van der Waals surface area contributed by atoms with E-state index in [-0.39, 0.29) is 17.1 Å². The minimum Gasteiger partial charge on any atom is -0.448 e. The Morgan fingerprint density at radius 2 is 1.97 bits per heavy atom. The van der Waals surface area contributed by atoms with Gasteiger partial charge in [-0.1, -0.05) is 27.3 Å². The van der Waals surface area contributed by atoms with Crippen LogP contribution in [0.1, 0.15) is 22.4 Å². The molecule has 0 spiro atoms. The molecular weight excluding hydrogens is 476 g/mol. The summed E-state index contributed by atoms with van der Waals surface area (Å²) in [6.07, 6.45) is 0. The van der Waals surface area contributed by atoms with E-state index in [4.69, 9.17) is 4.42 Å². The van der Waals surface area contributed by atoms with Gasteiger partial charge in [-0.2, -0.15) is 5.26 Å². The number of ketones is 1. The topological polar surface area (TPSA) is 70.1 Å². The first-order valence-corrected chi connectivity index (χ1v) is 10.2. The van der Waals surface area contributed by atoms with E-state index in [2.05, 4.69) is 27.0 Å². The predicted molar refractivity (Wildman–Crippen MR) is 114 cm³/mol. The lowest BCUT2D eigenvalue weighted by atomic mass is 10.1. The molecule has 0 amide bonds. The zero-order valence-corrected chi connectivity index (χ0v) is 18.1. The molecule has 0 aliphatic rings. The van der Waals surface area contributed by atoms with Gasteiger partial charge in [0.05, 0.1) is 0 Å². The van der Waals surface area contributed by atoms with Gasteiger partial charge in [0.15, 0.2) is 28.1 Å². The van der Waals surface area contributed by atoms with Gasteiger partial charge in [-0.15, -0.1) is 0 Å². The van der Waals surface area contributed by atoms with E-state index in [9.17, 15) is 18.8 Å². The normalized spacial score (nSPS) is 10.9. The second kappa shape index (κ2) is 7.63. The summed E-state index contributed by atoms with van der Waals surface area (Å²) < 4.78 is 33.7. The lowest BCUT2D eigenvalue weighted by molar-refractivity contribution is 0.0990. The molecule has 2 heterocycles. The number of Topliss-reactive ketones (excluding diaryl/α,β-unsaturated/α-hetero) is 1. The molecule has 0 bridgehead atoms. The third-order valence-electron chi connectivity index (χ3n) is 4.46. The number of thiazole rings is 1. The van der Waals surface area contributed by atoms with E-state index >= 15 is 0 Å². The van der Waals surface area contributed by atoms with Crippen LogP contribution in [0, 0.1) is 23.0 Å². The zero-order valence-electron chi connectivity index (χ0n) is 15.7. The fraction of sp³-hybridized carbons (Fsp3) is 0.0952. The summed E-state index contributed by atoms with van der Waals surface area (Å²) in [6.45, 7) is 1.33. The number of fused-ring (bicyclic) bond motifs is 1. The van der Waals surface area contributed by atoms with E-state index in [1.165, 1.54) is 37.3 Å². The number of anilines is 2.